The first-order valence-corrected chi connectivity index (χ1v) is 6.23. The molecule has 0 fully saturated rings. The predicted molar refractivity (Wildman–Crippen MR) is 67.9 cm³/mol. The van der Waals surface area contributed by atoms with Gasteiger partial charge in [-0.2, -0.15) is 0 Å². The van der Waals surface area contributed by atoms with E-state index in [4.69, 9.17) is 10.2 Å². The van der Waals surface area contributed by atoms with Crippen molar-refractivity contribution in [2.75, 3.05) is 13.1 Å². The number of furan rings is 1. The van der Waals surface area contributed by atoms with Gasteiger partial charge in [0.05, 0.1) is 11.8 Å². The van der Waals surface area contributed by atoms with Gasteiger partial charge in [-0.3, -0.25) is 4.79 Å². The van der Waals surface area contributed by atoms with Gasteiger partial charge in [0.15, 0.2) is 0 Å². The van der Waals surface area contributed by atoms with Crippen molar-refractivity contribution >= 4 is 5.91 Å². The molecule has 0 aliphatic carbocycles. The molecule has 0 bridgehead atoms. The molecule has 0 spiro atoms. The lowest BCUT2D eigenvalue weighted by Gasteiger charge is -2.08. The number of nitrogens with two attached hydrogens (primary N) is 1. The molecule has 1 aromatic heterocycles. The fraction of sp³-hybridized carbons (Fsp3) is 0.615. The van der Waals surface area contributed by atoms with Crippen LogP contribution < -0.4 is 11.1 Å². The minimum absolute atomic E-state index is 0.0454. The van der Waals surface area contributed by atoms with Crippen LogP contribution in [0.3, 0.4) is 0 Å². The lowest BCUT2D eigenvalue weighted by atomic mass is 10.1. The first kappa shape index (κ1) is 13.8. The number of rotatable bonds is 7. The molecule has 4 heteroatoms. The first-order chi connectivity index (χ1) is 8.19. The number of hydrogen-bond acceptors (Lipinski definition) is 3. The second kappa shape index (κ2) is 7.12. The van der Waals surface area contributed by atoms with E-state index in [1.165, 1.54) is 0 Å². The minimum Gasteiger partial charge on any atom is -0.469 e. The van der Waals surface area contributed by atoms with Crippen LogP contribution in [0.25, 0.3) is 0 Å². The van der Waals surface area contributed by atoms with Crippen molar-refractivity contribution in [1.29, 1.82) is 0 Å². The predicted octanol–water partition coefficient (Wildman–Crippen LogP) is 1.95. The van der Waals surface area contributed by atoms with Crippen molar-refractivity contribution in [2.45, 2.75) is 33.1 Å². The Kier molecular flexibility index (Phi) is 5.77. The highest BCUT2D eigenvalue weighted by Crippen LogP contribution is 2.11. The fourth-order valence-corrected chi connectivity index (χ4v) is 1.68. The maximum absolute atomic E-state index is 11.8. The lowest BCUT2D eigenvalue weighted by Crippen LogP contribution is -2.25. The topological polar surface area (TPSA) is 68.3 Å². The van der Waals surface area contributed by atoms with Gasteiger partial charge >= 0.3 is 0 Å². The van der Waals surface area contributed by atoms with E-state index in [0.29, 0.717) is 24.6 Å². The zero-order valence-electron chi connectivity index (χ0n) is 10.7. The van der Waals surface area contributed by atoms with Gasteiger partial charge in [0.1, 0.15) is 5.76 Å². The Balaban J connectivity index is 2.30. The lowest BCUT2D eigenvalue weighted by molar-refractivity contribution is 0.0950. The zero-order chi connectivity index (χ0) is 12.7. The van der Waals surface area contributed by atoms with E-state index in [2.05, 4.69) is 12.2 Å². The van der Waals surface area contributed by atoms with Crippen molar-refractivity contribution in [3.05, 3.63) is 23.7 Å². The number of amides is 1. The molecule has 0 aliphatic rings. The summed E-state index contributed by atoms with van der Waals surface area (Å²) < 4.78 is 5.22. The Hall–Kier alpha value is -1.29. The first-order valence-electron chi connectivity index (χ1n) is 6.23. The van der Waals surface area contributed by atoms with Crippen molar-refractivity contribution in [2.24, 2.45) is 11.7 Å². The summed E-state index contributed by atoms with van der Waals surface area (Å²) in [5.74, 6) is 1.22. The molecule has 0 aromatic carbocycles. The van der Waals surface area contributed by atoms with E-state index in [-0.39, 0.29) is 5.91 Å². The van der Waals surface area contributed by atoms with E-state index < -0.39 is 0 Å². The van der Waals surface area contributed by atoms with Gasteiger partial charge in [-0.25, -0.2) is 0 Å². The zero-order valence-corrected chi connectivity index (χ0v) is 10.7. The number of hydrogen-bond donors (Lipinski definition) is 2. The van der Waals surface area contributed by atoms with E-state index >= 15 is 0 Å². The van der Waals surface area contributed by atoms with Crippen molar-refractivity contribution < 1.29 is 9.21 Å². The van der Waals surface area contributed by atoms with E-state index in [9.17, 15) is 4.79 Å². The maximum atomic E-state index is 11.8. The molecule has 4 nitrogen and oxygen atoms in total. The molecule has 0 saturated heterocycles. The van der Waals surface area contributed by atoms with Crippen molar-refractivity contribution in [3.8, 4) is 0 Å². The van der Waals surface area contributed by atoms with Gasteiger partial charge in [0.2, 0.25) is 0 Å². The molecule has 17 heavy (non-hydrogen) atoms. The highest BCUT2D eigenvalue weighted by molar-refractivity contribution is 5.95. The Bertz CT molecular complexity index is 347. The van der Waals surface area contributed by atoms with Crippen LogP contribution in [0.1, 0.15) is 42.8 Å². The fourth-order valence-electron chi connectivity index (χ4n) is 1.68. The van der Waals surface area contributed by atoms with Crippen LogP contribution in [0.5, 0.6) is 0 Å². The SMILES string of the molecule is CCc1occc1C(=O)NCCCC(C)CN. The second-order valence-corrected chi connectivity index (χ2v) is 4.35. The van der Waals surface area contributed by atoms with Gasteiger partial charge in [-0.15, -0.1) is 0 Å². The number of carbonyl (C=O) groups excluding carboxylic acids is 1. The van der Waals surface area contributed by atoms with E-state index in [0.717, 1.165) is 25.0 Å². The van der Waals surface area contributed by atoms with Crippen LogP contribution >= 0.6 is 0 Å². The summed E-state index contributed by atoms with van der Waals surface area (Å²) >= 11 is 0. The van der Waals surface area contributed by atoms with Gasteiger partial charge in [0, 0.05) is 13.0 Å². The molecule has 1 rings (SSSR count). The van der Waals surface area contributed by atoms with Gasteiger partial charge in [-0.1, -0.05) is 13.8 Å². The van der Waals surface area contributed by atoms with Crippen LogP contribution in [0.4, 0.5) is 0 Å². The third-order valence-corrected chi connectivity index (χ3v) is 2.87. The Labute approximate surface area is 103 Å². The normalized spacial score (nSPS) is 12.4. The largest absolute Gasteiger partial charge is 0.469 e. The number of aryl methyl sites for hydroxylation is 1. The van der Waals surface area contributed by atoms with Gasteiger partial charge in [0.25, 0.3) is 5.91 Å². The molecule has 0 aliphatic heterocycles. The Morgan fingerprint density at radius 1 is 1.59 bits per heavy atom. The minimum atomic E-state index is -0.0454. The summed E-state index contributed by atoms with van der Waals surface area (Å²) in [6.45, 7) is 5.48. The molecule has 0 radical (unpaired) electrons. The number of nitrogens with one attached hydrogen (secondary N) is 1. The van der Waals surface area contributed by atoms with Crippen LogP contribution in [0.2, 0.25) is 0 Å². The smallest absolute Gasteiger partial charge is 0.254 e. The highest BCUT2D eigenvalue weighted by atomic mass is 16.3. The maximum Gasteiger partial charge on any atom is 0.254 e. The third kappa shape index (κ3) is 4.23. The van der Waals surface area contributed by atoms with Crippen LogP contribution in [0, 0.1) is 5.92 Å². The van der Waals surface area contributed by atoms with Crippen LogP contribution in [0.15, 0.2) is 16.7 Å². The molecular formula is C13H22N2O2. The Morgan fingerprint density at radius 3 is 3.00 bits per heavy atom. The summed E-state index contributed by atoms with van der Waals surface area (Å²) in [6, 6.07) is 1.72. The van der Waals surface area contributed by atoms with Crippen LogP contribution in [-0.4, -0.2) is 19.0 Å². The molecule has 3 N–H and O–H groups in total. The summed E-state index contributed by atoms with van der Waals surface area (Å²) in [6.07, 6.45) is 4.30. The molecule has 1 heterocycles. The van der Waals surface area contributed by atoms with Gasteiger partial charge in [-0.05, 0) is 31.4 Å². The average Bonchev–Trinajstić information content (AvgIpc) is 2.82. The summed E-state index contributed by atoms with van der Waals surface area (Å²) in [7, 11) is 0. The molecule has 1 amide bonds. The molecular weight excluding hydrogens is 216 g/mol. The average molecular weight is 238 g/mol. The van der Waals surface area contributed by atoms with Crippen LogP contribution in [-0.2, 0) is 6.42 Å². The van der Waals surface area contributed by atoms with E-state index in [1.54, 1.807) is 12.3 Å². The summed E-state index contributed by atoms with van der Waals surface area (Å²) in [5.41, 5.74) is 6.18. The highest BCUT2D eigenvalue weighted by Gasteiger charge is 2.12. The van der Waals surface area contributed by atoms with Crippen molar-refractivity contribution in [3.63, 3.8) is 0 Å². The van der Waals surface area contributed by atoms with E-state index in [1.807, 2.05) is 6.92 Å². The Morgan fingerprint density at radius 2 is 2.35 bits per heavy atom. The monoisotopic (exact) mass is 238 g/mol. The van der Waals surface area contributed by atoms with Gasteiger partial charge < -0.3 is 15.5 Å². The summed E-state index contributed by atoms with van der Waals surface area (Å²) in [4.78, 5) is 11.8. The number of carbonyl (C=O) groups is 1. The molecule has 1 aromatic rings. The molecule has 1 atom stereocenters. The molecule has 96 valence electrons. The molecule has 0 saturated carbocycles. The van der Waals surface area contributed by atoms with Crippen molar-refractivity contribution in [1.82, 2.24) is 5.32 Å². The second-order valence-electron chi connectivity index (χ2n) is 4.35. The quantitative estimate of drug-likeness (QED) is 0.713. The standard InChI is InChI=1S/C13H22N2O2/c1-3-12-11(6-8-17-12)13(16)15-7-4-5-10(2)9-14/h6,8,10H,3-5,7,9,14H2,1-2H3,(H,15,16). The summed E-state index contributed by atoms with van der Waals surface area (Å²) in [5, 5.41) is 2.90. The molecule has 1 unspecified atom stereocenters. The third-order valence-electron chi connectivity index (χ3n) is 2.87.